The van der Waals surface area contributed by atoms with E-state index in [0.29, 0.717) is 0 Å². The van der Waals surface area contributed by atoms with Gasteiger partial charge in [-0.05, 0) is 64.2 Å². The molecule has 2 nitrogen and oxygen atoms in total. The summed E-state index contributed by atoms with van der Waals surface area (Å²) in [6, 6.07) is 61.6. The average Bonchev–Trinajstić information content (AvgIpc) is 3.84. The summed E-state index contributed by atoms with van der Waals surface area (Å²) in [5.41, 5.74) is 15.6. The van der Waals surface area contributed by atoms with Crippen molar-refractivity contribution in [1.82, 2.24) is 9.55 Å². The van der Waals surface area contributed by atoms with Crippen LogP contribution in [0.25, 0.3) is 92.4 Å². The van der Waals surface area contributed by atoms with Crippen LogP contribution >= 0.6 is 11.3 Å². The fourth-order valence-corrected chi connectivity index (χ4v) is 10.2. The number of nitrogens with zero attached hydrogens (tertiary/aromatic N) is 2. The molecule has 3 heterocycles. The van der Waals surface area contributed by atoms with Gasteiger partial charge in [0.15, 0.2) is 0 Å². The van der Waals surface area contributed by atoms with E-state index in [-0.39, 0.29) is 5.41 Å². The lowest BCUT2D eigenvalue weighted by Crippen LogP contribution is -2.15. The Hall–Kier alpha value is -6.29. The summed E-state index contributed by atoms with van der Waals surface area (Å²) in [4.78, 5) is 5.13. The summed E-state index contributed by atoms with van der Waals surface area (Å²) >= 11 is 1.94. The van der Waals surface area contributed by atoms with E-state index in [1.807, 2.05) is 11.3 Å². The number of hydrogen-bond acceptors (Lipinski definition) is 2. The van der Waals surface area contributed by atoms with E-state index in [1.165, 1.54) is 64.2 Å². The maximum Gasteiger partial charge on any atom is 0.0715 e. The monoisotopic (exact) mass is 694 g/mol. The summed E-state index contributed by atoms with van der Waals surface area (Å²) < 4.78 is 5.24. The van der Waals surface area contributed by atoms with Gasteiger partial charge in [0.25, 0.3) is 0 Å². The highest BCUT2D eigenvalue weighted by Crippen LogP contribution is 2.58. The molecule has 0 saturated carbocycles. The second kappa shape index (κ2) is 11.4. The first-order valence-electron chi connectivity index (χ1n) is 18.3. The van der Waals surface area contributed by atoms with Crippen LogP contribution in [0.4, 0.5) is 0 Å². The largest absolute Gasteiger partial charge is 0.309 e. The molecular weight excluding hydrogens is 661 g/mol. The van der Waals surface area contributed by atoms with Crippen LogP contribution in [-0.4, -0.2) is 9.55 Å². The van der Waals surface area contributed by atoms with Gasteiger partial charge in [-0.1, -0.05) is 147 Å². The molecule has 0 bridgehead atoms. The minimum Gasteiger partial charge on any atom is -0.309 e. The molecule has 0 fully saturated rings. The number of benzene rings is 7. The average molecular weight is 695 g/mol. The van der Waals surface area contributed by atoms with E-state index < -0.39 is 0 Å². The summed E-state index contributed by atoms with van der Waals surface area (Å²) in [5.74, 6) is 0. The van der Waals surface area contributed by atoms with Crippen molar-refractivity contribution in [3.63, 3.8) is 0 Å². The molecule has 11 rings (SSSR count). The molecule has 53 heavy (non-hydrogen) atoms. The molecule has 0 amide bonds. The molecule has 0 unspecified atom stereocenters. The highest BCUT2D eigenvalue weighted by Gasteiger charge is 2.40. The normalized spacial score (nSPS) is 13.2. The molecule has 0 radical (unpaired) electrons. The zero-order chi connectivity index (χ0) is 35.3. The minimum atomic E-state index is -0.151. The maximum absolute atomic E-state index is 5.13. The first-order chi connectivity index (χ1) is 26.1. The van der Waals surface area contributed by atoms with Crippen molar-refractivity contribution in [2.24, 2.45) is 0 Å². The molecular formula is C50H34N2S. The van der Waals surface area contributed by atoms with Gasteiger partial charge in [0.05, 0.1) is 22.4 Å². The third-order valence-corrected chi connectivity index (χ3v) is 12.5. The van der Waals surface area contributed by atoms with Crippen LogP contribution in [0.5, 0.6) is 0 Å². The Labute approximate surface area is 312 Å². The lowest BCUT2D eigenvalue weighted by molar-refractivity contribution is 0.667. The third kappa shape index (κ3) is 4.41. The maximum atomic E-state index is 5.13. The molecule has 0 saturated heterocycles. The van der Waals surface area contributed by atoms with Gasteiger partial charge in [-0.25, -0.2) is 4.98 Å². The van der Waals surface area contributed by atoms with Crippen LogP contribution in [0.15, 0.2) is 170 Å². The Morgan fingerprint density at radius 3 is 1.85 bits per heavy atom. The number of para-hydroxylation sites is 1. The molecule has 10 aromatic rings. The van der Waals surface area contributed by atoms with Crippen LogP contribution in [0.2, 0.25) is 0 Å². The zero-order valence-electron chi connectivity index (χ0n) is 29.5. The predicted molar refractivity (Wildman–Crippen MR) is 225 cm³/mol. The second-order valence-corrected chi connectivity index (χ2v) is 15.8. The van der Waals surface area contributed by atoms with Gasteiger partial charge in [0.1, 0.15) is 0 Å². The molecule has 7 aromatic carbocycles. The first-order valence-corrected chi connectivity index (χ1v) is 19.1. The SMILES string of the molecule is CC1(C)c2ccccc2-c2c1c1c3ccccc3n(-c3ccc(-c4cc(-c5ccccc5)nc(-c5ccccc5)c4)cc3)c1c1c2sc2ccccc21. The van der Waals surface area contributed by atoms with Crippen LogP contribution in [0.1, 0.15) is 25.0 Å². The van der Waals surface area contributed by atoms with Crippen molar-refractivity contribution in [3.05, 3.63) is 181 Å². The van der Waals surface area contributed by atoms with Crippen LogP contribution in [-0.2, 0) is 5.41 Å². The van der Waals surface area contributed by atoms with Crippen molar-refractivity contribution < 1.29 is 0 Å². The van der Waals surface area contributed by atoms with Gasteiger partial charge < -0.3 is 4.57 Å². The quantitative estimate of drug-likeness (QED) is 0.179. The third-order valence-electron chi connectivity index (χ3n) is 11.4. The van der Waals surface area contributed by atoms with Gasteiger partial charge in [0, 0.05) is 58.7 Å². The fourth-order valence-electron chi connectivity index (χ4n) is 8.97. The Morgan fingerprint density at radius 1 is 0.528 bits per heavy atom. The molecule has 0 N–H and O–H groups in total. The molecule has 0 spiro atoms. The van der Waals surface area contributed by atoms with Gasteiger partial charge in [-0.3, -0.25) is 0 Å². The van der Waals surface area contributed by atoms with Crippen molar-refractivity contribution >= 4 is 53.3 Å². The molecule has 3 heteroatoms. The van der Waals surface area contributed by atoms with Crippen molar-refractivity contribution in [2.45, 2.75) is 19.3 Å². The van der Waals surface area contributed by atoms with Crippen molar-refractivity contribution in [1.29, 1.82) is 0 Å². The lowest BCUT2D eigenvalue weighted by Gasteiger charge is -2.23. The predicted octanol–water partition coefficient (Wildman–Crippen LogP) is 13.9. The first kappa shape index (κ1) is 30.3. The topological polar surface area (TPSA) is 17.8 Å². The molecule has 3 aromatic heterocycles. The van der Waals surface area contributed by atoms with E-state index in [1.54, 1.807) is 0 Å². The van der Waals surface area contributed by atoms with Gasteiger partial charge in [0.2, 0.25) is 0 Å². The fraction of sp³-hybridized carbons (Fsp3) is 0.0600. The van der Waals surface area contributed by atoms with Gasteiger partial charge >= 0.3 is 0 Å². The number of thiophene rings is 1. The van der Waals surface area contributed by atoms with Crippen LogP contribution in [0, 0.1) is 0 Å². The Bertz CT molecular complexity index is 3000. The molecule has 0 aliphatic heterocycles. The minimum absolute atomic E-state index is 0.151. The van der Waals surface area contributed by atoms with Gasteiger partial charge in [-0.2, -0.15) is 0 Å². The zero-order valence-corrected chi connectivity index (χ0v) is 30.3. The molecule has 250 valence electrons. The summed E-state index contributed by atoms with van der Waals surface area (Å²) in [7, 11) is 0. The highest BCUT2D eigenvalue weighted by molar-refractivity contribution is 7.26. The molecule has 1 aliphatic rings. The smallest absolute Gasteiger partial charge is 0.0715 e. The van der Waals surface area contributed by atoms with Crippen molar-refractivity contribution in [3.8, 4) is 50.5 Å². The van der Waals surface area contributed by atoms with E-state index in [2.05, 4.69) is 188 Å². The van der Waals surface area contributed by atoms with E-state index in [9.17, 15) is 0 Å². The number of pyridine rings is 1. The Balaban J connectivity index is 1.18. The summed E-state index contributed by atoms with van der Waals surface area (Å²) in [6.45, 7) is 4.83. The Kier molecular flexibility index (Phi) is 6.50. The van der Waals surface area contributed by atoms with Crippen molar-refractivity contribution in [2.75, 3.05) is 0 Å². The van der Waals surface area contributed by atoms with Crippen LogP contribution in [0.3, 0.4) is 0 Å². The number of rotatable bonds is 4. The molecule has 0 atom stereocenters. The van der Waals surface area contributed by atoms with Gasteiger partial charge in [-0.15, -0.1) is 11.3 Å². The lowest BCUT2D eigenvalue weighted by atomic mass is 9.80. The summed E-state index contributed by atoms with van der Waals surface area (Å²) in [6.07, 6.45) is 0. The van der Waals surface area contributed by atoms with E-state index in [4.69, 9.17) is 4.98 Å². The van der Waals surface area contributed by atoms with E-state index in [0.717, 1.165) is 39.3 Å². The standard InChI is InChI=1S/C50H34N2S/c1-50(2)39-22-12-9-19-36(39)45-47(50)44-37-20-10-13-23-42(37)52(48(44)46-38-21-11-14-24-43(38)53-49(45)46)35-27-25-31(26-28-35)34-29-40(32-15-5-3-6-16-32)51-41(30-34)33-17-7-4-8-18-33/h3-30H,1-2H3. The Morgan fingerprint density at radius 2 is 1.13 bits per heavy atom. The molecule has 1 aliphatic carbocycles. The number of fused-ring (bicyclic) bond motifs is 12. The van der Waals surface area contributed by atoms with Crippen LogP contribution < -0.4 is 0 Å². The number of hydrogen-bond donors (Lipinski definition) is 0. The number of aromatic nitrogens is 2. The van der Waals surface area contributed by atoms with E-state index >= 15 is 0 Å². The summed E-state index contributed by atoms with van der Waals surface area (Å²) in [5, 5.41) is 5.34. The highest BCUT2D eigenvalue weighted by atomic mass is 32.1. The second-order valence-electron chi connectivity index (χ2n) is 14.7.